The highest BCUT2D eigenvalue weighted by Gasteiger charge is 2.31. The van der Waals surface area contributed by atoms with E-state index in [1.165, 1.54) is 51.6 Å². The number of benzene rings is 3. The monoisotopic (exact) mass is 678 g/mol. The SMILES string of the molecule is CCCCc1c(C2C(C)=CCC[C@@H]2C)c(C)nn1-c1cc(Oc2ccc3c4ccccc4n(-c4cc(CCC)ccn4)c3c2)cc(C(C)(C)C)c1. The lowest BCUT2D eigenvalue weighted by Crippen LogP contribution is -2.17. The van der Waals surface area contributed by atoms with Crippen LogP contribution >= 0.6 is 0 Å². The molecule has 0 spiro atoms. The van der Waals surface area contributed by atoms with Gasteiger partial charge in [-0.2, -0.15) is 5.10 Å². The Balaban J connectivity index is 1.35. The van der Waals surface area contributed by atoms with Crippen LogP contribution in [0, 0.1) is 12.8 Å². The predicted molar refractivity (Wildman–Crippen MR) is 213 cm³/mol. The molecule has 51 heavy (non-hydrogen) atoms. The Bertz CT molecular complexity index is 2230. The summed E-state index contributed by atoms with van der Waals surface area (Å²) in [5.41, 5.74) is 11.1. The van der Waals surface area contributed by atoms with E-state index in [-0.39, 0.29) is 5.41 Å². The molecular formula is C46H54N4O. The lowest BCUT2D eigenvalue weighted by Gasteiger charge is -2.30. The first-order chi connectivity index (χ1) is 24.6. The van der Waals surface area contributed by atoms with Gasteiger partial charge in [0.05, 0.1) is 22.4 Å². The highest BCUT2D eigenvalue weighted by molar-refractivity contribution is 6.09. The third kappa shape index (κ3) is 6.76. The number of hydrogen-bond donors (Lipinski definition) is 0. The summed E-state index contributed by atoms with van der Waals surface area (Å²) >= 11 is 0. The van der Waals surface area contributed by atoms with Crippen molar-refractivity contribution < 1.29 is 4.74 Å². The highest BCUT2D eigenvalue weighted by Crippen LogP contribution is 2.43. The van der Waals surface area contributed by atoms with Crippen LogP contribution in [0.1, 0.15) is 115 Å². The zero-order chi connectivity index (χ0) is 35.9. The summed E-state index contributed by atoms with van der Waals surface area (Å²) in [5, 5.41) is 7.70. The first-order valence-electron chi connectivity index (χ1n) is 19.1. The predicted octanol–water partition coefficient (Wildman–Crippen LogP) is 12.5. The van der Waals surface area contributed by atoms with Crippen LogP contribution in [0.15, 0.2) is 90.6 Å². The quantitative estimate of drug-likeness (QED) is 0.135. The molecule has 5 heteroatoms. The van der Waals surface area contributed by atoms with E-state index >= 15 is 0 Å². The number of aryl methyl sites for hydroxylation is 2. The van der Waals surface area contributed by atoms with E-state index in [9.17, 15) is 0 Å². The van der Waals surface area contributed by atoms with Gasteiger partial charge in [0.1, 0.15) is 17.3 Å². The summed E-state index contributed by atoms with van der Waals surface area (Å²) in [6.45, 7) is 18.3. The molecule has 1 unspecified atom stereocenters. The summed E-state index contributed by atoms with van der Waals surface area (Å²) < 4.78 is 11.4. The standard InChI is InChI=1S/C46H54N4O/c1-9-11-19-41-45(44-30(3)16-14-17-31(44)4)32(5)48-50(41)35-26-34(46(6,7)8)27-37(28-35)51-36-21-22-39-38-18-12-13-20-40(38)49(42(39)29-36)43-25-33(15-10-2)23-24-47-43/h12-13,16,18,20-29,31,44H,9-11,14-15,17,19H2,1-8H3/t31-,44?/m0/s1. The number of rotatable bonds is 10. The molecule has 3 aromatic carbocycles. The van der Waals surface area contributed by atoms with Gasteiger partial charge >= 0.3 is 0 Å². The zero-order valence-electron chi connectivity index (χ0n) is 31.9. The molecule has 0 aliphatic heterocycles. The Morgan fingerprint density at radius 1 is 0.843 bits per heavy atom. The zero-order valence-corrected chi connectivity index (χ0v) is 31.9. The first kappa shape index (κ1) is 34.8. The van der Waals surface area contributed by atoms with Crippen molar-refractivity contribution in [3.8, 4) is 23.0 Å². The lowest BCUT2D eigenvalue weighted by molar-refractivity contribution is 0.446. The number of aromatic nitrogens is 4. The number of pyridine rings is 1. The number of unbranched alkanes of at least 4 members (excludes halogenated alkanes) is 1. The second kappa shape index (κ2) is 14.2. The highest BCUT2D eigenvalue weighted by atomic mass is 16.5. The summed E-state index contributed by atoms with van der Waals surface area (Å²) in [5.74, 6) is 3.57. The van der Waals surface area contributed by atoms with Crippen molar-refractivity contribution in [2.24, 2.45) is 5.92 Å². The van der Waals surface area contributed by atoms with Gasteiger partial charge in [0, 0.05) is 46.3 Å². The molecule has 0 saturated carbocycles. The Morgan fingerprint density at radius 3 is 2.41 bits per heavy atom. The number of para-hydroxylation sites is 1. The molecule has 0 N–H and O–H groups in total. The maximum Gasteiger partial charge on any atom is 0.137 e. The van der Waals surface area contributed by atoms with Crippen LogP contribution < -0.4 is 4.74 Å². The molecular weight excluding hydrogens is 625 g/mol. The fraction of sp³-hybridized carbons (Fsp3) is 0.391. The minimum absolute atomic E-state index is 0.0779. The van der Waals surface area contributed by atoms with E-state index in [0.29, 0.717) is 11.8 Å². The fourth-order valence-electron chi connectivity index (χ4n) is 8.24. The van der Waals surface area contributed by atoms with E-state index in [2.05, 4.69) is 144 Å². The van der Waals surface area contributed by atoms with E-state index in [0.717, 1.165) is 71.8 Å². The fourth-order valence-corrected chi connectivity index (χ4v) is 8.24. The smallest absolute Gasteiger partial charge is 0.137 e. The van der Waals surface area contributed by atoms with Gasteiger partial charge in [-0.3, -0.25) is 4.57 Å². The van der Waals surface area contributed by atoms with Crippen molar-refractivity contribution in [1.82, 2.24) is 19.3 Å². The number of allylic oxidation sites excluding steroid dienone is 2. The number of hydrogen-bond acceptors (Lipinski definition) is 3. The van der Waals surface area contributed by atoms with Gasteiger partial charge in [-0.05, 0) is 111 Å². The van der Waals surface area contributed by atoms with Gasteiger partial charge in [-0.15, -0.1) is 0 Å². The molecule has 6 aromatic rings. The molecule has 3 heterocycles. The molecule has 7 rings (SSSR count). The average Bonchev–Trinajstić information content (AvgIpc) is 3.61. The summed E-state index contributed by atoms with van der Waals surface area (Å²) in [6, 6.07) is 26.1. The van der Waals surface area contributed by atoms with Gasteiger partial charge in [-0.1, -0.05) is 84.2 Å². The van der Waals surface area contributed by atoms with Crippen LogP contribution in [-0.4, -0.2) is 19.3 Å². The third-order valence-corrected chi connectivity index (χ3v) is 10.9. The van der Waals surface area contributed by atoms with Crippen LogP contribution in [0.3, 0.4) is 0 Å². The molecule has 5 nitrogen and oxygen atoms in total. The molecule has 0 fully saturated rings. The normalized spacial score (nSPS) is 16.6. The molecule has 3 aromatic heterocycles. The minimum atomic E-state index is -0.0779. The van der Waals surface area contributed by atoms with E-state index < -0.39 is 0 Å². The average molecular weight is 679 g/mol. The van der Waals surface area contributed by atoms with Crippen molar-refractivity contribution in [2.45, 2.75) is 112 Å². The molecule has 0 bridgehead atoms. The second-order valence-electron chi connectivity index (χ2n) is 15.8. The summed E-state index contributed by atoms with van der Waals surface area (Å²) in [4.78, 5) is 4.85. The van der Waals surface area contributed by atoms with Gasteiger partial charge in [0.15, 0.2) is 0 Å². The number of ether oxygens (including phenoxy) is 1. The third-order valence-electron chi connectivity index (χ3n) is 10.9. The van der Waals surface area contributed by atoms with Gasteiger partial charge < -0.3 is 4.74 Å². The Hall–Kier alpha value is -4.64. The first-order valence-corrected chi connectivity index (χ1v) is 19.1. The lowest BCUT2D eigenvalue weighted by atomic mass is 9.75. The summed E-state index contributed by atoms with van der Waals surface area (Å²) in [7, 11) is 0. The van der Waals surface area contributed by atoms with Crippen molar-refractivity contribution in [1.29, 1.82) is 0 Å². The van der Waals surface area contributed by atoms with Gasteiger partial charge in [0.2, 0.25) is 0 Å². The maximum atomic E-state index is 6.86. The van der Waals surface area contributed by atoms with Crippen LogP contribution in [0.5, 0.6) is 11.5 Å². The van der Waals surface area contributed by atoms with E-state index in [1.54, 1.807) is 0 Å². The van der Waals surface area contributed by atoms with Crippen molar-refractivity contribution in [3.05, 3.63) is 119 Å². The second-order valence-corrected chi connectivity index (χ2v) is 15.8. The van der Waals surface area contributed by atoms with Gasteiger partial charge in [0.25, 0.3) is 0 Å². The van der Waals surface area contributed by atoms with E-state index in [4.69, 9.17) is 14.8 Å². The van der Waals surface area contributed by atoms with E-state index in [1.807, 2.05) is 6.20 Å². The molecule has 264 valence electrons. The largest absolute Gasteiger partial charge is 0.457 e. The topological polar surface area (TPSA) is 44.9 Å². The number of nitrogens with zero attached hydrogens (tertiary/aromatic N) is 4. The van der Waals surface area contributed by atoms with Crippen molar-refractivity contribution in [3.63, 3.8) is 0 Å². The molecule has 2 atom stereocenters. The Morgan fingerprint density at radius 2 is 1.65 bits per heavy atom. The van der Waals surface area contributed by atoms with Crippen molar-refractivity contribution >= 4 is 21.8 Å². The molecule has 1 aliphatic rings. The number of fused-ring (bicyclic) bond motifs is 3. The molecule has 0 saturated heterocycles. The van der Waals surface area contributed by atoms with Crippen LogP contribution in [-0.2, 0) is 18.3 Å². The maximum absolute atomic E-state index is 6.86. The van der Waals surface area contributed by atoms with Gasteiger partial charge in [-0.25, -0.2) is 9.67 Å². The van der Waals surface area contributed by atoms with Crippen molar-refractivity contribution in [2.75, 3.05) is 0 Å². The van der Waals surface area contributed by atoms with Crippen LogP contribution in [0.2, 0.25) is 0 Å². The molecule has 0 radical (unpaired) electrons. The minimum Gasteiger partial charge on any atom is -0.457 e. The summed E-state index contributed by atoms with van der Waals surface area (Å²) in [6.07, 6.45) is 12.2. The Labute approximate surface area is 304 Å². The molecule has 0 amide bonds. The van der Waals surface area contributed by atoms with Crippen LogP contribution in [0.4, 0.5) is 0 Å². The van der Waals surface area contributed by atoms with Crippen LogP contribution in [0.25, 0.3) is 33.3 Å². The molecule has 1 aliphatic carbocycles. The Kier molecular flexibility index (Phi) is 9.67.